The second-order valence-corrected chi connectivity index (χ2v) is 8.74. The molecule has 30 heavy (non-hydrogen) atoms. The van der Waals surface area contributed by atoms with Crippen molar-refractivity contribution < 1.29 is 28.2 Å². The fourth-order valence-electron chi connectivity index (χ4n) is 4.61. The maximum absolute atomic E-state index is 13.6. The summed E-state index contributed by atoms with van der Waals surface area (Å²) in [5, 5.41) is 13.3. The molecule has 6 nitrogen and oxygen atoms in total. The van der Waals surface area contributed by atoms with E-state index in [0.29, 0.717) is 44.1 Å². The first-order chi connectivity index (χ1) is 14.5. The number of aliphatic hydroxyl groups excluding tert-OH is 1. The van der Waals surface area contributed by atoms with E-state index in [4.69, 9.17) is 9.47 Å². The number of fused-ring (bicyclic) bond motifs is 1. The zero-order valence-electron chi connectivity index (χ0n) is 17.1. The van der Waals surface area contributed by atoms with Crippen molar-refractivity contribution in [2.45, 2.75) is 75.5 Å². The number of hydrogen-bond acceptors (Lipinski definition) is 5. The van der Waals surface area contributed by atoms with Crippen LogP contribution < -0.4 is 5.32 Å². The van der Waals surface area contributed by atoms with Crippen LogP contribution in [0.25, 0.3) is 0 Å². The van der Waals surface area contributed by atoms with Crippen LogP contribution in [-0.4, -0.2) is 66.1 Å². The highest BCUT2D eigenvalue weighted by Crippen LogP contribution is 2.29. The number of nitrogens with zero attached hydrogens (tertiary/aromatic N) is 1. The van der Waals surface area contributed by atoms with Crippen molar-refractivity contribution in [3.05, 3.63) is 35.4 Å². The van der Waals surface area contributed by atoms with E-state index in [1.54, 1.807) is 0 Å². The number of benzene rings is 1. The van der Waals surface area contributed by atoms with E-state index in [2.05, 4.69) is 5.32 Å². The number of hydrogen-bond donors (Lipinski definition) is 2. The Labute approximate surface area is 175 Å². The van der Waals surface area contributed by atoms with E-state index in [9.17, 15) is 18.7 Å². The molecule has 3 aliphatic rings. The zero-order valence-corrected chi connectivity index (χ0v) is 17.1. The molecule has 0 aromatic heterocycles. The Balaban J connectivity index is 1.40. The molecule has 1 saturated carbocycles. The molecule has 166 valence electrons. The lowest BCUT2D eigenvalue weighted by atomic mass is 9.92. The lowest BCUT2D eigenvalue weighted by Crippen LogP contribution is -2.55. The van der Waals surface area contributed by atoms with Gasteiger partial charge >= 0.3 is 0 Å². The average molecular weight is 424 g/mol. The minimum Gasteiger partial charge on any atom is -0.389 e. The molecule has 1 aromatic carbocycles. The van der Waals surface area contributed by atoms with Gasteiger partial charge in [-0.2, -0.15) is 0 Å². The summed E-state index contributed by atoms with van der Waals surface area (Å²) >= 11 is 0. The Kier molecular flexibility index (Phi) is 6.98. The molecule has 3 fully saturated rings. The van der Waals surface area contributed by atoms with E-state index in [0.717, 1.165) is 25.3 Å². The first-order valence-corrected chi connectivity index (χ1v) is 10.9. The normalized spacial score (nSPS) is 30.6. The van der Waals surface area contributed by atoms with Crippen LogP contribution in [0.4, 0.5) is 8.78 Å². The van der Waals surface area contributed by atoms with Crippen molar-refractivity contribution >= 4 is 5.91 Å². The summed E-state index contributed by atoms with van der Waals surface area (Å²) in [4.78, 5) is 14.3. The van der Waals surface area contributed by atoms with Gasteiger partial charge in [0.25, 0.3) is 0 Å². The number of aliphatic hydroxyl groups is 1. The molecule has 2 saturated heterocycles. The maximum Gasteiger partial charge on any atom is 0.222 e. The van der Waals surface area contributed by atoms with Crippen LogP contribution >= 0.6 is 0 Å². The topological polar surface area (TPSA) is 71.0 Å². The van der Waals surface area contributed by atoms with Crippen molar-refractivity contribution in [3.63, 3.8) is 0 Å². The molecule has 2 heterocycles. The van der Waals surface area contributed by atoms with E-state index >= 15 is 0 Å². The Morgan fingerprint density at radius 2 is 1.90 bits per heavy atom. The summed E-state index contributed by atoms with van der Waals surface area (Å²) in [6.07, 6.45) is 3.96. The van der Waals surface area contributed by atoms with Crippen LogP contribution in [0, 0.1) is 11.6 Å². The summed E-state index contributed by atoms with van der Waals surface area (Å²) in [5.41, 5.74) is 0.516. The Morgan fingerprint density at radius 3 is 2.60 bits per heavy atom. The standard InChI is InChI=1S/C22H30F2N2O4/c23-15-6-14(7-16(24)8-15)10-26-11-18(27)12-29-13-21-20(26)5-4-19(30-21)9-22(28)25-17-2-1-3-17/h6-8,17-21,27H,1-5,9-13H2,(H,25,28)/t18-,19-,20+,21-/m1/s1. The Hall–Kier alpha value is -1.61. The molecule has 0 unspecified atom stereocenters. The molecule has 8 heteroatoms. The summed E-state index contributed by atoms with van der Waals surface area (Å²) < 4.78 is 39.1. The molecule has 4 atom stereocenters. The largest absolute Gasteiger partial charge is 0.389 e. The summed E-state index contributed by atoms with van der Waals surface area (Å²) in [7, 11) is 0. The van der Waals surface area contributed by atoms with Gasteiger partial charge < -0.3 is 19.9 Å². The van der Waals surface area contributed by atoms with Crippen LogP contribution in [0.5, 0.6) is 0 Å². The molecule has 1 aromatic rings. The number of carbonyl (C=O) groups excluding carboxylic acids is 1. The predicted octanol–water partition coefficient (Wildman–Crippen LogP) is 2.13. The molecule has 1 aliphatic carbocycles. The Morgan fingerprint density at radius 1 is 1.13 bits per heavy atom. The van der Waals surface area contributed by atoms with Crippen LogP contribution in [0.1, 0.15) is 44.1 Å². The smallest absolute Gasteiger partial charge is 0.222 e. The van der Waals surface area contributed by atoms with Crippen LogP contribution in [0.15, 0.2) is 18.2 Å². The molecular weight excluding hydrogens is 394 g/mol. The Bertz CT molecular complexity index is 726. The highest BCUT2D eigenvalue weighted by molar-refractivity contribution is 5.76. The number of halogens is 2. The molecule has 0 spiro atoms. The fraction of sp³-hybridized carbons (Fsp3) is 0.682. The van der Waals surface area contributed by atoms with Crippen LogP contribution in [0.2, 0.25) is 0 Å². The monoisotopic (exact) mass is 424 g/mol. The second-order valence-electron chi connectivity index (χ2n) is 8.74. The fourth-order valence-corrected chi connectivity index (χ4v) is 4.61. The molecule has 2 aliphatic heterocycles. The number of nitrogens with one attached hydrogen (secondary N) is 1. The highest BCUT2D eigenvalue weighted by atomic mass is 19.1. The van der Waals surface area contributed by atoms with E-state index < -0.39 is 17.7 Å². The first kappa shape index (κ1) is 21.6. The van der Waals surface area contributed by atoms with Gasteiger partial charge in [-0.3, -0.25) is 9.69 Å². The van der Waals surface area contributed by atoms with Gasteiger partial charge in [0.1, 0.15) is 11.6 Å². The number of ether oxygens (including phenoxy) is 2. The lowest BCUT2D eigenvalue weighted by Gasteiger charge is -2.44. The van der Waals surface area contributed by atoms with Gasteiger partial charge in [-0.15, -0.1) is 0 Å². The minimum absolute atomic E-state index is 0.0254. The highest BCUT2D eigenvalue weighted by Gasteiger charge is 2.38. The molecular formula is C22H30F2N2O4. The van der Waals surface area contributed by atoms with Crippen molar-refractivity contribution in [2.75, 3.05) is 19.8 Å². The van der Waals surface area contributed by atoms with Gasteiger partial charge in [-0.25, -0.2) is 8.78 Å². The van der Waals surface area contributed by atoms with Crippen molar-refractivity contribution in [1.29, 1.82) is 0 Å². The predicted molar refractivity (Wildman–Crippen MR) is 106 cm³/mol. The third-order valence-electron chi connectivity index (χ3n) is 6.28. The van der Waals surface area contributed by atoms with E-state index in [-0.39, 0.29) is 30.8 Å². The summed E-state index contributed by atoms with van der Waals surface area (Å²) in [5.74, 6) is -1.21. The van der Waals surface area contributed by atoms with Gasteiger partial charge in [-0.1, -0.05) is 0 Å². The SMILES string of the molecule is O=C(C[C@H]1CC[C@H]2[C@@H](COC[C@H](O)CN2Cc2cc(F)cc(F)c2)O1)NC1CCC1. The van der Waals surface area contributed by atoms with Gasteiger partial charge in [0.05, 0.1) is 37.9 Å². The summed E-state index contributed by atoms with van der Waals surface area (Å²) in [6, 6.07) is 3.74. The van der Waals surface area contributed by atoms with Crippen molar-refractivity contribution in [1.82, 2.24) is 10.2 Å². The second kappa shape index (κ2) is 9.68. The van der Waals surface area contributed by atoms with Crippen LogP contribution in [0.3, 0.4) is 0 Å². The van der Waals surface area contributed by atoms with Gasteiger partial charge in [-0.05, 0) is 49.8 Å². The molecule has 0 radical (unpaired) electrons. The van der Waals surface area contributed by atoms with E-state index in [1.165, 1.54) is 18.6 Å². The number of carbonyl (C=O) groups is 1. The average Bonchev–Trinajstić information content (AvgIpc) is 2.62. The molecule has 1 amide bonds. The molecule has 4 rings (SSSR count). The lowest BCUT2D eigenvalue weighted by molar-refractivity contribution is -0.158. The van der Waals surface area contributed by atoms with Gasteiger partial charge in [0.2, 0.25) is 5.91 Å². The summed E-state index contributed by atoms with van der Waals surface area (Å²) in [6.45, 7) is 1.13. The quantitative estimate of drug-likeness (QED) is 0.758. The number of rotatable bonds is 5. The third kappa shape index (κ3) is 5.55. The van der Waals surface area contributed by atoms with Crippen LogP contribution in [-0.2, 0) is 20.8 Å². The zero-order chi connectivity index (χ0) is 21.1. The maximum atomic E-state index is 13.6. The van der Waals surface area contributed by atoms with Gasteiger partial charge in [0.15, 0.2) is 0 Å². The molecule has 0 bridgehead atoms. The third-order valence-corrected chi connectivity index (χ3v) is 6.28. The number of β-amino-alcohol motifs (C(OH)–C–C–N with tert-alkyl or cyclic N) is 1. The van der Waals surface area contributed by atoms with Crippen molar-refractivity contribution in [3.8, 4) is 0 Å². The van der Waals surface area contributed by atoms with Gasteiger partial charge in [0, 0.05) is 31.2 Å². The molecule has 2 N–H and O–H groups in total. The van der Waals surface area contributed by atoms with Crippen molar-refractivity contribution in [2.24, 2.45) is 0 Å². The van der Waals surface area contributed by atoms with E-state index in [1.807, 2.05) is 4.90 Å². The first-order valence-electron chi connectivity index (χ1n) is 10.9. The minimum atomic E-state index is -0.685. The number of amides is 1.